The molecule has 0 radical (unpaired) electrons. The van der Waals surface area contributed by atoms with E-state index in [-0.39, 0.29) is 11.6 Å². The smallest absolute Gasteiger partial charge is 0.269 e. The van der Waals surface area contributed by atoms with Gasteiger partial charge in [0.25, 0.3) is 5.69 Å². The molecule has 0 fully saturated rings. The Labute approximate surface area is 128 Å². The number of carbonyl (C=O) groups is 1. The van der Waals surface area contributed by atoms with Crippen LogP contribution in [-0.2, 0) is 16.8 Å². The van der Waals surface area contributed by atoms with Gasteiger partial charge in [0.1, 0.15) is 0 Å². The number of amides is 1. The van der Waals surface area contributed by atoms with Crippen molar-refractivity contribution in [3.63, 3.8) is 0 Å². The van der Waals surface area contributed by atoms with E-state index < -0.39 is 10.3 Å². The molecular formula is C17H16N2O3. The zero-order chi connectivity index (χ0) is 15.9. The van der Waals surface area contributed by atoms with E-state index in [1.54, 1.807) is 11.0 Å². The first-order valence-corrected chi connectivity index (χ1v) is 7.06. The minimum atomic E-state index is -0.754. The summed E-state index contributed by atoms with van der Waals surface area (Å²) in [4.78, 5) is 25.0. The van der Waals surface area contributed by atoms with Gasteiger partial charge in [0.05, 0.1) is 16.9 Å². The Morgan fingerprint density at radius 1 is 1.14 bits per heavy atom. The molecule has 0 spiro atoms. The fraction of sp³-hybridized carbons (Fsp3) is 0.235. The summed E-state index contributed by atoms with van der Waals surface area (Å²) in [6, 6.07) is 14.3. The van der Waals surface area contributed by atoms with Crippen molar-refractivity contribution < 1.29 is 9.72 Å². The summed E-state index contributed by atoms with van der Waals surface area (Å²) in [6.45, 7) is 4.08. The summed E-state index contributed by atoms with van der Waals surface area (Å²) in [7, 11) is 0. The van der Waals surface area contributed by atoms with Crippen LogP contribution in [0.1, 0.15) is 25.0 Å². The summed E-state index contributed by atoms with van der Waals surface area (Å²) in [5, 5.41) is 11.0. The minimum absolute atomic E-state index is 0.0150. The molecule has 5 heteroatoms. The van der Waals surface area contributed by atoms with Crippen LogP contribution in [0.3, 0.4) is 0 Å². The van der Waals surface area contributed by atoms with Crippen molar-refractivity contribution in [2.24, 2.45) is 0 Å². The van der Waals surface area contributed by atoms with Crippen LogP contribution in [0, 0.1) is 10.1 Å². The second kappa shape index (κ2) is 4.94. The lowest BCUT2D eigenvalue weighted by Gasteiger charge is -2.20. The van der Waals surface area contributed by atoms with E-state index in [0.717, 1.165) is 11.3 Å². The fourth-order valence-corrected chi connectivity index (χ4v) is 2.86. The molecule has 0 aromatic heterocycles. The molecule has 1 amide bonds. The van der Waals surface area contributed by atoms with Gasteiger partial charge in [-0.1, -0.05) is 30.3 Å². The molecule has 1 aliphatic rings. The second-order valence-electron chi connectivity index (χ2n) is 5.96. The normalized spacial score (nSPS) is 15.7. The molecule has 0 saturated carbocycles. The van der Waals surface area contributed by atoms with Crippen molar-refractivity contribution >= 4 is 17.3 Å². The maximum atomic E-state index is 12.7. The zero-order valence-electron chi connectivity index (χ0n) is 12.4. The van der Waals surface area contributed by atoms with Gasteiger partial charge in [0, 0.05) is 17.8 Å². The zero-order valence-corrected chi connectivity index (χ0v) is 12.4. The Balaban J connectivity index is 2.05. The summed E-state index contributed by atoms with van der Waals surface area (Å²) in [6.07, 6.45) is 0. The summed E-state index contributed by atoms with van der Waals surface area (Å²) < 4.78 is 0. The predicted octanol–water partition coefficient (Wildman–Crippen LogP) is 3.42. The first kappa shape index (κ1) is 14.3. The number of rotatable bonds is 3. The van der Waals surface area contributed by atoms with E-state index in [4.69, 9.17) is 0 Å². The van der Waals surface area contributed by atoms with Gasteiger partial charge < -0.3 is 4.90 Å². The third kappa shape index (κ3) is 2.15. The van der Waals surface area contributed by atoms with Crippen molar-refractivity contribution in [2.45, 2.75) is 25.8 Å². The average molecular weight is 296 g/mol. The molecule has 0 bridgehead atoms. The van der Waals surface area contributed by atoms with Crippen LogP contribution in [0.5, 0.6) is 0 Å². The molecular weight excluding hydrogens is 280 g/mol. The highest BCUT2D eigenvalue weighted by molar-refractivity contribution is 6.07. The lowest BCUT2D eigenvalue weighted by Crippen LogP contribution is -2.35. The van der Waals surface area contributed by atoms with Crippen LogP contribution in [0.4, 0.5) is 11.4 Å². The van der Waals surface area contributed by atoms with Crippen molar-refractivity contribution in [1.29, 1.82) is 0 Å². The molecule has 0 unspecified atom stereocenters. The Kier molecular flexibility index (Phi) is 3.20. The number of hydrogen-bond acceptors (Lipinski definition) is 3. The molecule has 0 atom stereocenters. The van der Waals surface area contributed by atoms with E-state index in [9.17, 15) is 14.9 Å². The van der Waals surface area contributed by atoms with Crippen LogP contribution in [-0.4, -0.2) is 10.8 Å². The Morgan fingerprint density at radius 3 is 2.45 bits per heavy atom. The molecule has 0 aliphatic carbocycles. The van der Waals surface area contributed by atoms with Crippen molar-refractivity contribution in [1.82, 2.24) is 0 Å². The van der Waals surface area contributed by atoms with Gasteiger partial charge in [-0.05, 0) is 31.0 Å². The quantitative estimate of drug-likeness (QED) is 0.644. The first-order valence-electron chi connectivity index (χ1n) is 7.06. The van der Waals surface area contributed by atoms with Gasteiger partial charge in [-0.25, -0.2) is 0 Å². The molecule has 2 aromatic rings. The molecule has 0 saturated heterocycles. The highest BCUT2D eigenvalue weighted by atomic mass is 16.6. The lowest BCUT2D eigenvalue weighted by molar-refractivity contribution is -0.384. The van der Waals surface area contributed by atoms with Crippen LogP contribution in [0.15, 0.2) is 48.5 Å². The van der Waals surface area contributed by atoms with E-state index in [1.807, 2.05) is 44.2 Å². The third-order valence-corrected chi connectivity index (χ3v) is 4.12. The summed E-state index contributed by atoms with van der Waals surface area (Å²) in [5.41, 5.74) is 1.75. The van der Waals surface area contributed by atoms with Gasteiger partial charge in [-0.15, -0.1) is 0 Å². The number of fused-ring (bicyclic) bond motifs is 1. The molecule has 1 heterocycles. The van der Waals surface area contributed by atoms with Crippen molar-refractivity contribution in [3.05, 3.63) is 69.8 Å². The van der Waals surface area contributed by atoms with Crippen LogP contribution < -0.4 is 4.90 Å². The molecule has 3 rings (SSSR count). The van der Waals surface area contributed by atoms with Crippen LogP contribution in [0.25, 0.3) is 0 Å². The maximum absolute atomic E-state index is 12.7. The Hall–Kier alpha value is -2.69. The Bertz CT molecular complexity index is 754. The molecule has 0 N–H and O–H groups in total. The van der Waals surface area contributed by atoms with Gasteiger partial charge in [-0.2, -0.15) is 0 Å². The number of nitro benzene ring substituents is 1. The minimum Gasteiger partial charge on any atom is -0.307 e. The SMILES string of the molecule is CC1(C)C(=O)N(Cc2ccccc2)c2ccc([N+](=O)[O-])cc21. The largest absolute Gasteiger partial charge is 0.307 e. The number of non-ortho nitro benzene ring substituents is 1. The number of nitrogens with zero attached hydrogens (tertiary/aromatic N) is 2. The number of carbonyl (C=O) groups excluding carboxylic acids is 1. The molecule has 2 aromatic carbocycles. The van der Waals surface area contributed by atoms with Crippen LogP contribution in [0.2, 0.25) is 0 Å². The second-order valence-corrected chi connectivity index (χ2v) is 5.96. The molecule has 5 nitrogen and oxygen atoms in total. The van der Waals surface area contributed by atoms with Crippen LogP contribution >= 0.6 is 0 Å². The van der Waals surface area contributed by atoms with E-state index in [0.29, 0.717) is 12.1 Å². The summed E-state index contributed by atoms with van der Waals surface area (Å²) in [5.74, 6) is -0.0353. The average Bonchev–Trinajstić information content (AvgIpc) is 2.69. The van der Waals surface area contributed by atoms with Gasteiger partial charge in [0.2, 0.25) is 5.91 Å². The Morgan fingerprint density at radius 2 is 1.82 bits per heavy atom. The summed E-state index contributed by atoms with van der Waals surface area (Å²) >= 11 is 0. The van der Waals surface area contributed by atoms with Gasteiger partial charge in [0.15, 0.2) is 0 Å². The highest BCUT2D eigenvalue weighted by Gasteiger charge is 2.44. The predicted molar refractivity (Wildman–Crippen MR) is 83.8 cm³/mol. The highest BCUT2D eigenvalue weighted by Crippen LogP contribution is 2.43. The van der Waals surface area contributed by atoms with Gasteiger partial charge in [-0.3, -0.25) is 14.9 Å². The molecule has 1 aliphatic heterocycles. The third-order valence-electron chi connectivity index (χ3n) is 4.12. The topological polar surface area (TPSA) is 63.5 Å². The van der Waals surface area contributed by atoms with Crippen molar-refractivity contribution in [3.8, 4) is 0 Å². The van der Waals surface area contributed by atoms with E-state index in [2.05, 4.69) is 0 Å². The molecule has 22 heavy (non-hydrogen) atoms. The lowest BCUT2D eigenvalue weighted by atomic mass is 9.86. The monoisotopic (exact) mass is 296 g/mol. The number of hydrogen-bond donors (Lipinski definition) is 0. The number of anilines is 1. The first-order chi connectivity index (χ1) is 10.4. The number of benzene rings is 2. The maximum Gasteiger partial charge on any atom is 0.269 e. The fourth-order valence-electron chi connectivity index (χ4n) is 2.86. The number of nitro groups is 1. The molecule has 112 valence electrons. The standard InChI is InChI=1S/C17H16N2O3/c1-17(2)14-10-13(19(21)22)8-9-15(14)18(16(17)20)11-12-6-4-3-5-7-12/h3-10H,11H2,1-2H3. The van der Waals surface area contributed by atoms with Crippen molar-refractivity contribution in [2.75, 3.05) is 4.90 Å². The van der Waals surface area contributed by atoms with E-state index in [1.165, 1.54) is 12.1 Å². The van der Waals surface area contributed by atoms with Gasteiger partial charge >= 0.3 is 0 Å². The van der Waals surface area contributed by atoms with E-state index >= 15 is 0 Å².